The highest BCUT2D eigenvalue weighted by Gasteiger charge is 1.87. The Morgan fingerprint density at radius 1 is 0.696 bits per heavy atom. The summed E-state index contributed by atoms with van der Waals surface area (Å²) in [5.74, 6) is 0. The lowest BCUT2D eigenvalue weighted by Crippen LogP contribution is -1.95. The van der Waals surface area contributed by atoms with Crippen molar-refractivity contribution in [2.75, 3.05) is 0 Å². The molecule has 0 saturated heterocycles. The van der Waals surface area contributed by atoms with Crippen LogP contribution >= 0.6 is 0 Å². The van der Waals surface area contributed by atoms with Crippen LogP contribution in [0.25, 0.3) is 0 Å². The predicted molar refractivity (Wildman–Crippen MR) is 105 cm³/mol. The molecule has 1 N–H and O–H groups in total. The van der Waals surface area contributed by atoms with Crippen molar-refractivity contribution < 1.29 is 5.11 Å². The molecule has 0 aromatic heterocycles. The van der Waals surface area contributed by atoms with E-state index in [9.17, 15) is 0 Å². The second-order valence-electron chi connectivity index (χ2n) is 5.95. The van der Waals surface area contributed by atoms with Gasteiger partial charge in [0.1, 0.15) is 0 Å². The quantitative estimate of drug-likeness (QED) is 0.678. The molecule has 0 radical (unpaired) electrons. The average molecular weight is 317 g/mol. The molecule has 0 aliphatic rings. The van der Waals surface area contributed by atoms with Crippen molar-refractivity contribution in [3.8, 4) is 0 Å². The van der Waals surface area contributed by atoms with Gasteiger partial charge in [0.05, 0.1) is 6.10 Å². The van der Waals surface area contributed by atoms with Crippen LogP contribution in [0.3, 0.4) is 0 Å². The zero-order valence-electron chi connectivity index (χ0n) is 15.1. The van der Waals surface area contributed by atoms with E-state index >= 15 is 0 Å². The molecule has 0 aliphatic heterocycles. The molecule has 1 unspecified atom stereocenters. The van der Waals surface area contributed by atoms with Gasteiger partial charge in [-0.05, 0) is 41.0 Å². The maximum atomic E-state index is 8.55. The van der Waals surface area contributed by atoms with E-state index in [1.165, 1.54) is 22.3 Å². The van der Waals surface area contributed by atoms with Crippen LogP contribution in [0.5, 0.6) is 0 Å². The van der Waals surface area contributed by atoms with Crippen LogP contribution in [0.2, 0.25) is 0 Å². The van der Waals surface area contributed by atoms with Gasteiger partial charge in [-0.25, -0.2) is 0 Å². The lowest BCUT2D eigenvalue weighted by Gasteiger charge is -1.95. The Labute approximate surface area is 144 Å². The van der Waals surface area contributed by atoms with Crippen LogP contribution in [0.1, 0.15) is 56.4 Å². The smallest absolute Gasteiger partial charge is 0.0512 e. The molecule has 1 nitrogen and oxygen atoms in total. The molecule has 0 spiro atoms. The zero-order valence-corrected chi connectivity index (χ0v) is 15.1. The summed E-state index contributed by atoms with van der Waals surface area (Å²) >= 11 is 0. The van der Waals surface area contributed by atoms with Gasteiger partial charge in [-0.2, -0.15) is 0 Å². The number of hydrogen-bond acceptors (Lipinski definition) is 1. The molecule has 2 rings (SSSR count). The van der Waals surface area contributed by atoms with Crippen molar-refractivity contribution in [2.45, 2.75) is 67.9 Å². The van der Waals surface area contributed by atoms with E-state index < -0.39 is 0 Å². The minimum atomic E-state index is -0.102. The number of hydrogen-bond donors (Lipinski definition) is 1. The molecule has 23 heavy (non-hydrogen) atoms. The van der Waals surface area contributed by atoms with Crippen LogP contribution in [0, 0.1) is 27.7 Å². The SMILES string of the molecule is C.CCCC(C)O.Cc1ccc(C)cc1.Cc1ccc(C)cc1. The van der Waals surface area contributed by atoms with Crippen LogP contribution in [-0.2, 0) is 0 Å². The molecule has 0 amide bonds. The Bertz CT molecular complexity index is 395. The van der Waals surface area contributed by atoms with Crippen molar-refractivity contribution in [1.82, 2.24) is 0 Å². The molecule has 0 aliphatic carbocycles. The highest BCUT2D eigenvalue weighted by atomic mass is 16.3. The van der Waals surface area contributed by atoms with Crippen molar-refractivity contribution in [2.24, 2.45) is 0 Å². The van der Waals surface area contributed by atoms with Crippen LogP contribution in [0.15, 0.2) is 48.5 Å². The Kier molecular flexibility index (Phi) is 14.4. The number of aliphatic hydroxyl groups is 1. The normalized spacial score (nSPS) is 10.2. The maximum absolute atomic E-state index is 8.55. The number of benzene rings is 2. The summed E-state index contributed by atoms with van der Waals surface area (Å²) in [5.41, 5.74) is 5.32. The molecule has 0 fully saturated rings. The Morgan fingerprint density at radius 3 is 1.00 bits per heavy atom. The largest absolute Gasteiger partial charge is 0.393 e. The van der Waals surface area contributed by atoms with E-state index in [4.69, 9.17) is 5.11 Å². The molecular weight excluding hydrogens is 280 g/mol. The monoisotopic (exact) mass is 316 g/mol. The van der Waals surface area contributed by atoms with Gasteiger partial charge in [0.25, 0.3) is 0 Å². The van der Waals surface area contributed by atoms with E-state index in [2.05, 4.69) is 83.1 Å². The van der Waals surface area contributed by atoms with Gasteiger partial charge in [-0.3, -0.25) is 0 Å². The number of aliphatic hydroxyl groups excluding tert-OH is 1. The Morgan fingerprint density at radius 2 is 0.913 bits per heavy atom. The van der Waals surface area contributed by atoms with E-state index in [0.717, 1.165) is 12.8 Å². The number of rotatable bonds is 2. The fourth-order valence-electron chi connectivity index (χ4n) is 1.69. The predicted octanol–water partition coefficient (Wildman–Crippen LogP) is 6.41. The first kappa shape index (κ1) is 23.7. The molecule has 0 bridgehead atoms. The number of aryl methyl sites for hydroxylation is 4. The summed E-state index contributed by atoms with van der Waals surface area (Å²) in [5, 5.41) is 8.55. The first-order valence-electron chi connectivity index (χ1n) is 8.09. The maximum Gasteiger partial charge on any atom is 0.0512 e. The van der Waals surface area contributed by atoms with Crippen LogP contribution in [0.4, 0.5) is 0 Å². The highest BCUT2D eigenvalue weighted by Crippen LogP contribution is 2.00. The summed E-state index contributed by atoms with van der Waals surface area (Å²) in [6, 6.07) is 17.0. The van der Waals surface area contributed by atoms with Gasteiger partial charge in [0.2, 0.25) is 0 Å². The average Bonchev–Trinajstić information content (AvgIpc) is 2.46. The molecule has 2 aromatic carbocycles. The highest BCUT2D eigenvalue weighted by molar-refractivity contribution is 5.20. The summed E-state index contributed by atoms with van der Waals surface area (Å²) in [7, 11) is 0. The van der Waals surface area contributed by atoms with Gasteiger partial charge in [0.15, 0.2) is 0 Å². The van der Waals surface area contributed by atoms with Gasteiger partial charge in [-0.15, -0.1) is 0 Å². The van der Waals surface area contributed by atoms with E-state index in [0.29, 0.717) is 0 Å². The summed E-state index contributed by atoms with van der Waals surface area (Å²) < 4.78 is 0. The van der Waals surface area contributed by atoms with Crippen molar-refractivity contribution in [3.05, 3.63) is 70.8 Å². The Balaban J connectivity index is 0. The fraction of sp³-hybridized carbons (Fsp3) is 0.455. The van der Waals surface area contributed by atoms with Gasteiger partial charge in [0, 0.05) is 0 Å². The molecule has 0 heterocycles. The first-order chi connectivity index (χ1) is 10.3. The first-order valence-corrected chi connectivity index (χ1v) is 8.09. The third-order valence-corrected chi connectivity index (χ3v) is 3.14. The van der Waals surface area contributed by atoms with Crippen molar-refractivity contribution in [1.29, 1.82) is 0 Å². The van der Waals surface area contributed by atoms with E-state index in [-0.39, 0.29) is 13.5 Å². The molecular formula is C22H36O. The third-order valence-electron chi connectivity index (χ3n) is 3.14. The topological polar surface area (TPSA) is 20.2 Å². The van der Waals surface area contributed by atoms with Crippen molar-refractivity contribution in [3.63, 3.8) is 0 Å². The second-order valence-corrected chi connectivity index (χ2v) is 5.95. The standard InChI is InChI=1S/2C8H10.C5H12O.CH4/c2*1-7-3-5-8(2)6-4-7;1-3-4-5(2)6;/h2*3-6H,1-2H3;5-6H,3-4H2,1-2H3;1H4. The van der Waals surface area contributed by atoms with Crippen LogP contribution in [-0.4, -0.2) is 11.2 Å². The van der Waals surface area contributed by atoms with Crippen molar-refractivity contribution >= 4 is 0 Å². The molecule has 1 atom stereocenters. The van der Waals surface area contributed by atoms with E-state index in [1.807, 2.05) is 6.92 Å². The minimum Gasteiger partial charge on any atom is -0.393 e. The summed E-state index contributed by atoms with van der Waals surface area (Å²) in [6.45, 7) is 12.3. The van der Waals surface area contributed by atoms with E-state index in [1.54, 1.807) is 0 Å². The van der Waals surface area contributed by atoms with Gasteiger partial charge < -0.3 is 5.11 Å². The zero-order chi connectivity index (χ0) is 17.0. The lowest BCUT2D eigenvalue weighted by molar-refractivity contribution is 0.183. The van der Waals surface area contributed by atoms with Crippen LogP contribution < -0.4 is 0 Å². The Hall–Kier alpha value is -1.60. The lowest BCUT2D eigenvalue weighted by atomic mass is 10.2. The summed E-state index contributed by atoms with van der Waals surface area (Å²) in [6.07, 6.45) is 1.91. The molecule has 1 heteroatoms. The molecule has 130 valence electrons. The summed E-state index contributed by atoms with van der Waals surface area (Å²) in [4.78, 5) is 0. The van der Waals surface area contributed by atoms with Gasteiger partial charge >= 0.3 is 0 Å². The molecule has 2 aromatic rings. The third kappa shape index (κ3) is 15.1. The van der Waals surface area contributed by atoms with Gasteiger partial charge in [-0.1, -0.05) is 91.6 Å². The second kappa shape index (κ2) is 14.0. The molecule has 0 saturated carbocycles. The minimum absolute atomic E-state index is 0. The fourth-order valence-corrected chi connectivity index (χ4v) is 1.69.